The Hall–Kier alpha value is -2.48. The minimum atomic E-state index is -3.92. The number of fused-ring (bicyclic) bond motifs is 2. The van der Waals surface area contributed by atoms with Gasteiger partial charge in [0.2, 0.25) is 0 Å². The van der Waals surface area contributed by atoms with Gasteiger partial charge in [-0.15, -0.1) is 24.8 Å². The fourth-order valence-corrected chi connectivity index (χ4v) is 24.3. The van der Waals surface area contributed by atoms with Gasteiger partial charge in [-0.05, 0) is 0 Å². The maximum atomic E-state index is 2.70. The average molecular weight is 715 g/mol. The summed E-state index contributed by atoms with van der Waals surface area (Å²) in [6.07, 6.45) is 0. The molecule has 2 aromatic carbocycles. The summed E-state index contributed by atoms with van der Waals surface area (Å²) in [6, 6.07) is 45.3. The third kappa shape index (κ3) is 5.92. The molecule has 0 saturated carbocycles. The van der Waals surface area contributed by atoms with Crippen LogP contribution in [0.4, 0.5) is 0 Å². The van der Waals surface area contributed by atoms with Crippen molar-refractivity contribution in [3.05, 3.63) is 132 Å². The van der Waals surface area contributed by atoms with Gasteiger partial charge in [-0.1, -0.05) is 0 Å². The predicted octanol–water partition coefficient (Wildman–Crippen LogP) is 10.6. The Morgan fingerprint density at radius 2 is 0.727 bits per heavy atom. The van der Waals surface area contributed by atoms with Gasteiger partial charge in [0.05, 0.1) is 0 Å². The number of hydrogen-bond acceptors (Lipinski definition) is 0. The molecule has 0 heterocycles. The van der Waals surface area contributed by atoms with Gasteiger partial charge in [-0.25, -0.2) is 0 Å². The molecule has 44 heavy (non-hydrogen) atoms. The van der Waals surface area contributed by atoms with Crippen LogP contribution in [0.5, 0.6) is 0 Å². The van der Waals surface area contributed by atoms with Crippen molar-refractivity contribution in [3.63, 3.8) is 0 Å². The summed E-state index contributed by atoms with van der Waals surface area (Å²) in [5.74, 6) is 0.886. The molecule has 0 fully saturated rings. The molecular formula is C40H44Cl2SiZr. The number of rotatable bonds is 6. The molecule has 6 rings (SSSR count). The Labute approximate surface area is 279 Å². The molecule has 0 N–H and O–H groups in total. The van der Waals surface area contributed by atoms with E-state index in [9.17, 15) is 0 Å². The molecule has 4 aliphatic carbocycles. The monoisotopic (exact) mass is 712 g/mol. The molecule has 0 bridgehead atoms. The summed E-state index contributed by atoms with van der Waals surface area (Å²) in [5.41, 5.74) is 14.0. The second-order valence-corrected chi connectivity index (χ2v) is 41.8. The molecule has 0 unspecified atom stereocenters. The number of benzene rings is 2. The van der Waals surface area contributed by atoms with E-state index in [-0.39, 0.29) is 24.8 Å². The Morgan fingerprint density at radius 1 is 0.432 bits per heavy atom. The zero-order chi connectivity index (χ0) is 29.7. The standard InChI is InChI=1S/2C19H17.2CH3.2ClH.H2Si.Zr/c2*1-14(2)17-12-16-10-6-7-11-18(19(16)13-17)15-8-4-3-5-9-15;;;;;;/h2*3-11,13-14H,1-2H3;2*1H3;2*1H;1H2;. The Bertz CT molecular complexity index is 1770. The van der Waals surface area contributed by atoms with Crippen molar-refractivity contribution in [2.24, 2.45) is 0 Å². The average Bonchev–Trinajstić information content (AvgIpc) is 3.41. The maximum absolute atomic E-state index is 3.92. The van der Waals surface area contributed by atoms with Crippen molar-refractivity contribution in [2.45, 2.75) is 48.8 Å². The Kier molecular flexibility index (Phi) is 10.2. The van der Waals surface area contributed by atoms with Crippen LogP contribution >= 0.6 is 24.8 Å². The van der Waals surface area contributed by atoms with E-state index in [1.807, 2.05) is 0 Å². The Morgan fingerprint density at radius 3 is 1.05 bits per heavy atom. The van der Waals surface area contributed by atoms with Crippen LogP contribution in [0.15, 0.2) is 121 Å². The van der Waals surface area contributed by atoms with E-state index in [0.717, 1.165) is 0 Å². The van der Waals surface area contributed by atoms with Crippen LogP contribution < -0.4 is 6.54 Å². The van der Waals surface area contributed by atoms with Crippen molar-refractivity contribution in [3.8, 4) is 44.5 Å². The van der Waals surface area contributed by atoms with Gasteiger partial charge in [0.1, 0.15) is 0 Å². The number of hydrogen-bond donors (Lipinski definition) is 0. The minimum absolute atomic E-state index is 0. The van der Waals surface area contributed by atoms with E-state index in [0.29, 0.717) is 11.8 Å². The summed E-state index contributed by atoms with van der Waals surface area (Å²) >= 11 is -3.92. The van der Waals surface area contributed by atoms with E-state index in [1.54, 1.807) is 6.54 Å². The van der Waals surface area contributed by atoms with E-state index in [1.165, 1.54) is 55.6 Å². The zero-order valence-electron chi connectivity index (χ0n) is 26.7. The fourth-order valence-electron chi connectivity index (χ4n) is 7.33. The molecule has 2 aromatic rings. The summed E-state index contributed by atoms with van der Waals surface area (Å²) in [7, 11) is 0. The first-order chi connectivity index (χ1) is 20.1. The first-order valence-corrected chi connectivity index (χ1v) is 28.7. The first kappa shape index (κ1) is 34.4. The second kappa shape index (κ2) is 13.1. The summed E-state index contributed by atoms with van der Waals surface area (Å²) in [4.78, 5) is 0. The summed E-state index contributed by atoms with van der Waals surface area (Å²) < 4.78 is 8.72. The van der Waals surface area contributed by atoms with E-state index >= 15 is 0 Å². The van der Waals surface area contributed by atoms with Crippen molar-refractivity contribution < 1.29 is 17.4 Å². The van der Waals surface area contributed by atoms with Crippen LogP contribution in [0.25, 0.3) is 44.5 Å². The topological polar surface area (TPSA) is 0 Å². The van der Waals surface area contributed by atoms with E-state index in [2.05, 4.69) is 165 Å². The van der Waals surface area contributed by atoms with Gasteiger partial charge in [0.25, 0.3) is 0 Å². The van der Waals surface area contributed by atoms with Crippen molar-refractivity contribution in [1.29, 1.82) is 0 Å². The molecule has 0 radical (unpaired) electrons. The maximum Gasteiger partial charge on any atom is -0.147 e. The van der Waals surface area contributed by atoms with E-state index in [4.69, 9.17) is 0 Å². The molecule has 0 aliphatic heterocycles. The van der Waals surface area contributed by atoms with Crippen LogP contribution in [0.1, 0.15) is 50.7 Å². The number of halogens is 2. The Balaban J connectivity index is 0.00000221. The van der Waals surface area contributed by atoms with Gasteiger partial charge >= 0.3 is 257 Å². The molecule has 0 amide bonds. The molecule has 4 heteroatoms. The molecular weight excluding hydrogens is 671 g/mol. The first-order valence-electron chi connectivity index (χ1n) is 15.4. The largest absolute Gasteiger partial charge is 0.147 e. The molecule has 4 aliphatic rings. The van der Waals surface area contributed by atoms with Crippen LogP contribution in [-0.4, -0.2) is 6.88 Å². The van der Waals surface area contributed by atoms with Crippen LogP contribution in [-0.2, 0) is 17.4 Å². The van der Waals surface area contributed by atoms with Gasteiger partial charge in [0.15, 0.2) is 0 Å². The van der Waals surface area contributed by atoms with Crippen molar-refractivity contribution >= 4 is 38.2 Å². The van der Waals surface area contributed by atoms with E-state index < -0.39 is 17.4 Å². The quantitative estimate of drug-likeness (QED) is 0.151. The summed E-state index contributed by atoms with van der Waals surface area (Å²) in [6.45, 7) is 11.9. The molecule has 0 spiro atoms. The van der Waals surface area contributed by atoms with Crippen LogP contribution in [0, 0.1) is 0 Å². The summed E-state index contributed by atoms with van der Waals surface area (Å²) in [5, 5.41) is 0. The molecule has 0 saturated heterocycles. The second-order valence-electron chi connectivity index (χ2n) is 13.6. The van der Waals surface area contributed by atoms with Crippen LogP contribution in [0.2, 0.25) is 9.26 Å². The third-order valence-electron chi connectivity index (χ3n) is 9.17. The van der Waals surface area contributed by atoms with Crippen LogP contribution in [0.3, 0.4) is 0 Å². The smallest absolute Gasteiger partial charge is 0.147 e. The van der Waals surface area contributed by atoms with Gasteiger partial charge in [0, 0.05) is 0 Å². The molecule has 0 nitrogen and oxygen atoms in total. The zero-order valence-corrected chi connectivity index (χ0v) is 32.2. The van der Waals surface area contributed by atoms with Crippen molar-refractivity contribution in [2.75, 3.05) is 0 Å². The van der Waals surface area contributed by atoms with Gasteiger partial charge < -0.3 is 0 Å². The predicted molar refractivity (Wildman–Crippen MR) is 199 cm³/mol. The van der Waals surface area contributed by atoms with Crippen molar-refractivity contribution in [1.82, 2.24) is 0 Å². The minimum Gasteiger partial charge on any atom is -0.147 e. The van der Waals surface area contributed by atoms with Gasteiger partial charge in [-0.2, -0.15) is 0 Å². The normalized spacial score (nSPS) is 11.9. The molecule has 0 aromatic heterocycles. The molecule has 226 valence electrons. The third-order valence-corrected chi connectivity index (χ3v) is 24.0. The fraction of sp³-hybridized carbons (Fsp3) is 0.200. The van der Waals surface area contributed by atoms with Gasteiger partial charge in [-0.3, -0.25) is 0 Å². The molecule has 0 atom stereocenters. The SMILES string of the molecule is CC(C)c1cc2c(-c3ccccc3)ccccc-2[c]1[Zr]([CH3])([CH3])(=[SiH2])[c]1c2ccccc(-c3ccccc3)c-2cc1C(C)C.Cl.Cl.